The fraction of sp³-hybridized carbons (Fsp3) is 0.333. The second-order valence-corrected chi connectivity index (χ2v) is 4.35. The number of aromatic nitrogens is 2. The quantitative estimate of drug-likeness (QED) is 0.869. The summed E-state index contributed by atoms with van der Waals surface area (Å²) < 4.78 is 13.0. The van der Waals surface area contributed by atoms with Gasteiger partial charge in [-0.25, -0.2) is 9.37 Å². The largest absolute Gasteiger partial charge is 0.347 e. The molecule has 0 spiro atoms. The lowest BCUT2D eigenvalue weighted by atomic mass is 10.3. The van der Waals surface area contributed by atoms with Crippen LogP contribution in [0, 0.1) is 5.82 Å². The van der Waals surface area contributed by atoms with Crippen LogP contribution >= 0.6 is 0 Å². The summed E-state index contributed by atoms with van der Waals surface area (Å²) in [6, 6.07) is 3.91. The van der Waals surface area contributed by atoms with Crippen molar-refractivity contribution in [3.8, 4) is 0 Å². The Kier molecular flexibility index (Phi) is 3.18. The molecule has 1 aromatic heterocycles. The maximum atomic E-state index is 13.0. The molecule has 0 radical (unpaired) electrons. The Morgan fingerprint density at radius 3 is 2.89 bits per heavy atom. The Labute approximate surface area is 104 Å². The molecular weight excluding hydrogens is 235 g/mol. The molecule has 0 aliphatic carbocycles. The van der Waals surface area contributed by atoms with E-state index in [1.165, 1.54) is 17.0 Å². The molecule has 18 heavy (non-hydrogen) atoms. The summed E-state index contributed by atoms with van der Waals surface area (Å²) in [6.07, 6.45) is 0. The number of benzene rings is 1. The topological polar surface area (TPSA) is 61.0 Å². The van der Waals surface area contributed by atoms with E-state index in [-0.39, 0.29) is 11.7 Å². The summed E-state index contributed by atoms with van der Waals surface area (Å²) in [5.41, 5.74) is 1.26. The molecule has 1 heterocycles. The van der Waals surface area contributed by atoms with E-state index >= 15 is 0 Å². The number of amides is 1. The number of hydrogen-bond donors (Lipinski definition) is 2. The van der Waals surface area contributed by atoms with Crippen LogP contribution in [0.4, 0.5) is 10.3 Å². The molecule has 0 bridgehead atoms. The van der Waals surface area contributed by atoms with Gasteiger partial charge in [0.05, 0.1) is 11.0 Å². The van der Waals surface area contributed by atoms with Gasteiger partial charge in [0.15, 0.2) is 0 Å². The van der Waals surface area contributed by atoms with Gasteiger partial charge < -0.3 is 15.2 Å². The zero-order valence-corrected chi connectivity index (χ0v) is 10.5. The normalized spacial score (nSPS) is 12.4. The van der Waals surface area contributed by atoms with Crippen molar-refractivity contribution in [1.82, 2.24) is 14.9 Å². The fourth-order valence-electron chi connectivity index (χ4n) is 1.70. The van der Waals surface area contributed by atoms with Crippen molar-refractivity contribution in [2.75, 3.05) is 19.4 Å². The van der Waals surface area contributed by atoms with Crippen LogP contribution in [-0.4, -0.2) is 40.9 Å². The molecule has 0 saturated carbocycles. The number of nitrogens with zero attached hydrogens (tertiary/aromatic N) is 2. The molecule has 0 aliphatic heterocycles. The summed E-state index contributed by atoms with van der Waals surface area (Å²) >= 11 is 0. The van der Waals surface area contributed by atoms with Gasteiger partial charge in [-0.1, -0.05) is 0 Å². The van der Waals surface area contributed by atoms with Crippen molar-refractivity contribution in [3.05, 3.63) is 24.0 Å². The van der Waals surface area contributed by atoms with E-state index in [4.69, 9.17) is 0 Å². The third-order valence-corrected chi connectivity index (χ3v) is 2.61. The Bertz CT molecular complexity index is 578. The molecule has 2 rings (SSSR count). The fourth-order valence-corrected chi connectivity index (χ4v) is 1.70. The minimum absolute atomic E-state index is 0.0540. The van der Waals surface area contributed by atoms with Crippen LogP contribution in [0.3, 0.4) is 0 Å². The zero-order valence-electron chi connectivity index (χ0n) is 10.5. The minimum atomic E-state index is -0.398. The molecular formula is C12H15FN4O. The minimum Gasteiger partial charge on any atom is -0.347 e. The molecule has 1 atom stereocenters. The van der Waals surface area contributed by atoms with Gasteiger partial charge in [0.2, 0.25) is 11.9 Å². The first kappa shape index (κ1) is 12.3. The Morgan fingerprint density at radius 2 is 2.22 bits per heavy atom. The van der Waals surface area contributed by atoms with Gasteiger partial charge in [0, 0.05) is 14.1 Å². The van der Waals surface area contributed by atoms with E-state index < -0.39 is 6.04 Å². The third kappa shape index (κ3) is 2.42. The van der Waals surface area contributed by atoms with Gasteiger partial charge in [-0.3, -0.25) is 4.79 Å². The van der Waals surface area contributed by atoms with Crippen LogP contribution in [0.15, 0.2) is 18.2 Å². The predicted molar refractivity (Wildman–Crippen MR) is 67.8 cm³/mol. The molecule has 6 heteroatoms. The molecule has 2 aromatic rings. The molecule has 1 amide bonds. The van der Waals surface area contributed by atoms with Crippen molar-refractivity contribution in [3.63, 3.8) is 0 Å². The first-order chi connectivity index (χ1) is 8.47. The number of rotatable bonds is 3. The molecule has 2 N–H and O–H groups in total. The predicted octanol–water partition coefficient (Wildman–Crippen LogP) is 1.59. The van der Waals surface area contributed by atoms with E-state index in [1.807, 2.05) is 0 Å². The molecule has 0 fully saturated rings. The first-order valence-corrected chi connectivity index (χ1v) is 5.60. The maximum absolute atomic E-state index is 13.0. The summed E-state index contributed by atoms with van der Waals surface area (Å²) in [5, 5.41) is 2.95. The first-order valence-electron chi connectivity index (χ1n) is 5.60. The molecule has 1 aromatic carbocycles. The summed E-state index contributed by atoms with van der Waals surface area (Å²) in [7, 11) is 3.38. The van der Waals surface area contributed by atoms with Gasteiger partial charge in [0.25, 0.3) is 0 Å². The number of carbonyl (C=O) groups is 1. The van der Waals surface area contributed by atoms with E-state index in [0.717, 1.165) is 0 Å². The number of anilines is 1. The number of hydrogen-bond acceptors (Lipinski definition) is 3. The average Bonchev–Trinajstić information content (AvgIpc) is 2.68. The molecule has 96 valence electrons. The van der Waals surface area contributed by atoms with E-state index in [2.05, 4.69) is 15.3 Å². The van der Waals surface area contributed by atoms with Gasteiger partial charge >= 0.3 is 0 Å². The van der Waals surface area contributed by atoms with Crippen molar-refractivity contribution >= 4 is 22.9 Å². The smallest absolute Gasteiger partial charge is 0.244 e. The number of imidazole rings is 1. The number of likely N-dealkylation sites (N-methyl/N-ethyl adjacent to an activating group) is 1. The lowest BCUT2D eigenvalue weighted by Gasteiger charge is -2.17. The van der Waals surface area contributed by atoms with Crippen LogP contribution in [-0.2, 0) is 4.79 Å². The van der Waals surface area contributed by atoms with E-state index in [0.29, 0.717) is 17.0 Å². The zero-order chi connectivity index (χ0) is 13.3. The number of aromatic amines is 1. The Hall–Kier alpha value is -2.11. The molecule has 0 saturated heterocycles. The number of nitrogens with one attached hydrogen (secondary N) is 2. The number of fused-ring (bicyclic) bond motifs is 1. The monoisotopic (exact) mass is 250 g/mol. The third-order valence-electron chi connectivity index (χ3n) is 2.61. The molecule has 0 aliphatic rings. The van der Waals surface area contributed by atoms with Gasteiger partial charge in [0.1, 0.15) is 11.9 Å². The summed E-state index contributed by atoms with van der Waals surface area (Å²) in [4.78, 5) is 20.3. The second-order valence-electron chi connectivity index (χ2n) is 4.35. The lowest BCUT2D eigenvalue weighted by molar-refractivity contribution is -0.129. The van der Waals surface area contributed by atoms with Crippen LogP contribution in [0.25, 0.3) is 11.0 Å². The second kappa shape index (κ2) is 4.64. The van der Waals surface area contributed by atoms with Crippen LogP contribution in [0.5, 0.6) is 0 Å². The van der Waals surface area contributed by atoms with Crippen molar-refractivity contribution in [2.24, 2.45) is 0 Å². The standard InChI is InChI=1S/C12H15FN4O/c1-7(11(18)17(2)3)14-12-15-9-5-4-8(13)6-10(9)16-12/h4-7H,1-3H3,(H2,14,15,16). The van der Waals surface area contributed by atoms with Crippen LogP contribution in [0.2, 0.25) is 0 Å². The van der Waals surface area contributed by atoms with Crippen LogP contribution in [0.1, 0.15) is 6.92 Å². The highest BCUT2D eigenvalue weighted by atomic mass is 19.1. The summed E-state index contributed by atoms with van der Waals surface area (Å²) in [5.74, 6) is 0.0788. The van der Waals surface area contributed by atoms with Crippen molar-refractivity contribution in [2.45, 2.75) is 13.0 Å². The number of carbonyl (C=O) groups excluding carboxylic acids is 1. The number of halogens is 1. The number of H-pyrrole nitrogens is 1. The maximum Gasteiger partial charge on any atom is 0.244 e. The highest BCUT2D eigenvalue weighted by Crippen LogP contribution is 2.16. The molecule has 1 unspecified atom stereocenters. The molecule has 5 nitrogen and oxygen atoms in total. The van der Waals surface area contributed by atoms with Crippen molar-refractivity contribution < 1.29 is 9.18 Å². The van der Waals surface area contributed by atoms with Crippen molar-refractivity contribution in [1.29, 1.82) is 0 Å². The van der Waals surface area contributed by atoms with Gasteiger partial charge in [-0.05, 0) is 25.1 Å². The van der Waals surface area contributed by atoms with Gasteiger partial charge in [-0.2, -0.15) is 0 Å². The SMILES string of the molecule is CC(Nc1nc2ccc(F)cc2[nH]1)C(=O)N(C)C. The van der Waals surface area contributed by atoms with E-state index in [9.17, 15) is 9.18 Å². The highest BCUT2D eigenvalue weighted by Gasteiger charge is 2.15. The lowest BCUT2D eigenvalue weighted by Crippen LogP contribution is -2.36. The highest BCUT2D eigenvalue weighted by molar-refractivity contribution is 5.84. The van der Waals surface area contributed by atoms with Gasteiger partial charge in [-0.15, -0.1) is 0 Å². The van der Waals surface area contributed by atoms with Crippen LogP contribution < -0.4 is 5.32 Å². The Balaban J connectivity index is 2.19. The summed E-state index contributed by atoms with van der Waals surface area (Å²) in [6.45, 7) is 1.75. The average molecular weight is 250 g/mol. The van der Waals surface area contributed by atoms with E-state index in [1.54, 1.807) is 27.1 Å². The Morgan fingerprint density at radius 1 is 1.50 bits per heavy atom.